The number of piperidine rings is 1. The number of aryl methyl sites for hydroxylation is 2. The van der Waals surface area contributed by atoms with Crippen LogP contribution in [0.1, 0.15) is 39.9 Å². The van der Waals surface area contributed by atoms with E-state index in [4.69, 9.17) is 4.98 Å². The number of hydrogen-bond donors (Lipinski definition) is 2. The lowest BCUT2D eigenvalue weighted by atomic mass is 10.0. The number of carbonyl (C=O) groups is 1. The van der Waals surface area contributed by atoms with Gasteiger partial charge in [-0.2, -0.15) is 0 Å². The summed E-state index contributed by atoms with van der Waals surface area (Å²) in [6.45, 7) is 7.17. The van der Waals surface area contributed by atoms with Crippen molar-refractivity contribution in [2.24, 2.45) is 0 Å². The third-order valence-corrected chi connectivity index (χ3v) is 6.67. The molecule has 0 bridgehead atoms. The number of nitrogens with one attached hydrogen (secondary N) is 2. The number of imidazole rings is 1. The van der Waals surface area contributed by atoms with Crippen LogP contribution < -0.4 is 5.32 Å². The molecule has 0 aliphatic carbocycles. The zero-order valence-electron chi connectivity index (χ0n) is 19.3. The van der Waals surface area contributed by atoms with Crippen LogP contribution in [0.5, 0.6) is 0 Å². The fourth-order valence-electron chi connectivity index (χ4n) is 4.56. The summed E-state index contributed by atoms with van der Waals surface area (Å²) >= 11 is 0. The quantitative estimate of drug-likeness (QED) is 0.448. The highest BCUT2D eigenvalue weighted by Gasteiger charge is 2.21. The zero-order valence-corrected chi connectivity index (χ0v) is 19.3. The number of fused-ring (bicyclic) bond motifs is 1. The Balaban J connectivity index is 1.23. The number of carbonyl (C=O) groups excluding carboxylic acids is 1. The van der Waals surface area contributed by atoms with E-state index in [2.05, 4.69) is 71.5 Å². The van der Waals surface area contributed by atoms with Crippen LogP contribution in [0.2, 0.25) is 0 Å². The molecule has 1 aliphatic heterocycles. The summed E-state index contributed by atoms with van der Waals surface area (Å²) in [6, 6.07) is 22.7. The Morgan fingerprint density at radius 3 is 2.55 bits per heavy atom. The van der Waals surface area contributed by atoms with Crippen LogP contribution in [0, 0.1) is 13.8 Å². The van der Waals surface area contributed by atoms with Crippen molar-refractivity contribution in [1.82, 2.24) is 20.2 Å². The second-order valence-corrected chi connectivity index (χ2v) is 9.13. The third kappa shape index (κ3) is 4.83. The minimum absolute atomic E-state index is 0.0128. The van der Waals surface area contributed by atoms with E-state index < -0.39 is 0 Å². The summed E-state index contributed by atoms with van der Waals surface area (Å²) in [5.41, 5.74) is 7.37. The molecule has 0 atom stereocenters. The maximum Gasteiger partial charge on any atom is 0.251 e. The van der Waals surface area contributed by atoms with Crippen molar-refractivity contribution in [2.45, 2.75) is 39.3 Å². The van der Waals surface area contributed by atoms with Crippen molar-refractivity contribution in [3.8, 4) is 11.4 Å². The van der Waals surface area contributed by atoms with Crippen molar-refractivity contribution < 1.29 is 4.79 Å². The average Bonchev–Trinajstić information content (AvgIpc) is 3.24. The van der Waals surface area contributed by atoms with Crippen molar-refractivity contribution in [3.05, 3.63) is 89.0 Å². The average molecular weight is 439 g/mol. The molecule has 2 heterocycles. The van der Waals surface area contributed by atoms with Crippen LogP contribution in [-0.4, -0.2) is 39.9 Å². The van der Waals surface area contributed by atoms with E-state index >= 15 is 0 Å². The molecule has 1 amide bonds. The van der Waals surface area contributed by atoms with Gasteiger partial charge in [-0.1, -0.05) is 42.5 Å². The number of hydrogen-bond acceptors (Lipinski definition) is 3. The molecule has 2 N–H and O–H groups in total. The van der Waals surface area contributed by atoms with Crippen molar-refractivity contribution in [2.75, 3.05) is 13.1 Å². The SMILES string of the molecule is Cc1cc2nc(-c3cccc(C(=O)NC4CCN(Cc5ccccc5)CC4)c3)[nH]c2cc1C. The van der Waals surface area contributed by atoms with E-state index in [0.717, 1.165) is 54.9 Å². The topological polar surface area (TPSA) is 61.0 Å². The number of aromatic nitrogens is 2. The Morgan fingerprint density at radius 2 is 1.76 bits per heavy atom. The lowest BCUT2D eigenvalue weighted by Gasteiger charge is -2.32. The first kappa shape index (κ1) is 21.4. The van der Waals surface area contributed by atoms with Crippen LogP contribution in [0.15, 0.2) is 66.7 Å². The fraction of sp³-hybridized carbons (Fsp3) is 0.286. The lowest BCUT2D eigenvalue weighted by molar-refractivity contribution is 0.0909. The molecule has 0 unspecified atom stereocenters. The van der Waals surface area contributed by atoms with Crippen molar-refractivity contribution >= 4 is 16.9 Å². The van der Waals surface area contributed by atoms with E-state index in [9.17, 15) is 4.79 Å². The van der Waals surface area contributed by atoms with Gasteiger partial charge in [0.25, 0.3) is 5.91 Å². The van der Waals surface area contributed by atoms with Crippen LogP contribution in [-0.2, 0) is 6.54 Å². The normalized spacial score (nSPS) is 15.1. The Labute approximate surface area is 194 Å². The first-order valence-corrected chi connectivity index (χ1v) is 11.7. The van der Waals surface area contributed by atoms with Crippen LogP contribution in [0.25, 0.3) is 22.4 Å². The molecular weight excluding hydrogens is 408 g/mol. The van der Waals surface area contributed by atoms with E-state index in [1.807, 2.05) is 24.3 Å². The highest BCUT2D eigenvalue weighted by molar-refractivity contribution is 5.95. The van der Waals surface area contributed by atoms with Crippen LogP contribution in [0.4, 0.5) is 0 Å². The smallest absolute Gasteiger partial charge is 0.251 e. The molecule has 4 aromatic rings. The lowest BCUT2D eigenvalue weighted by Crippen LogP contribution is -2.44. The number of H-pyrrole nitrogens is 1. The van der Waals surface area contributed by atoms with E-state index in [1.165, 1.54) is 16.7 Å². The van der Waals surface area contributed by atoms with Crippen molar-refractivity contribution in [3.63, 3.8) is 0 Å². The number of aromatic amines is 1. The molecule has 0 saturated carbocycles. The predicted octanol–water partition coefficient (Wildman–Crippen LogP) is 5.24. The van der Waals surface area contributed by atoms with Gasteiger partial charge in [-0.3, -0.25) is 9.69 Å². The molecule has 5 rings (SSSR count). The van der Waals surface area contributed by atoms with Gasteiger partial charge in [0.05, 0.1) is 11.0 Å². The number of rotatable bonds is 5. The van der Waals surface area contributed by atoms with Gasteiger partial charge in [0.15, 0.2) is 0 Å². The van der Waals surface area contributed by atoms with Gasteiger partial charge < -0.3 is 10.3 Å². The fourth-order valence-corrected chi connectivity index (χ4v) is 4.56. The minimum atomic E-state index is -0.0128. The van der Waals surface area contributed by atoms with Crippen LogP contribution in [0.3, 0.4) is 0 Å². The first-order valence-electron chi connectivity index (χ1n) is 11.7. The number of likely N-dealkylation sites (tertiary alicyclic amines) is 1. The summed E-state index contributed by atoms with van der Waals surface area (Å²) in [4.78, 5) is 23.6. The Kier molecular flexibility index (Phi) is 5.97. The number of amides is 1. The highest BCUT2D eigenvalue weighted by atomic mass is 16.1. The van der Waals surface area contributed by atoms with E-state index in [-0.39, 0.29) is 11.9 Å². The third-order valence-electron chi connectivity index (χ3n) is 6.67. The van der Waals surface area contributed by atoms with E-state index in [1.54, 1.807) is 0 Å². The van der Waals surface area contributed by atoms with Gasteiger partial charge in [-0.25, -0.2) is 4.98 Å². The number of benzene rings is 3. The van der Waals surface area contributed by atoms with E-state index in [0.29, 0.717) is 5.56 Å². The zero-order chi connectivity index (χ0) is 22.8. The van der Waals surface area contributed by atoms with Gasteiger partial charge in [-0.05, 0) is 67.6 Å². The molecule has 5 heteroatoms. The summed E-state index contributed by atoms with van der Waals surface area (Å²) in [5.74, 6) is 0.778. The molecule has 168 valence electrons. The first-order chi connectivity index (χ1) is 16.0. The summed E-state index contributed by atoms with van der Waals surface area (Å²) < 4.78 is 0. The van der Waals surface area contributed by atoms with Gasteiger partial charge >= 0.3 is 0 Å². The summed E-state index contributed by atoms with van der Waals surface area (Å²) in [6.07, 6.45) is 1.95. The van der Waals surface area contributed by atoms with Gasteiger partial charge in [0, 0.05) is 36.8 Å². The minimum Gasteiger partial charge on any atom is -0.349 e. The number of nitrogens with zero attached hydrogens (tertiary/aromatic N) is 2. The Hall–Kier alpha value is -3.44. The van der Waals surface area contributed by atoms with Crippen LogP contribution >= 0.6 is 0 Å². The molecule has 33 heavy (non-hydrogen) atoms. The largest absolute Gasteiger partial charge is 0.349 e. The summed E-state index contributed by atoms with van der Waals surface area (Å²) in [7, 11) is 0. The second-order valence-electron chi connectivity index (χ2n) is 9.13. The monoisotopic (exact) mass is 438 g/mol. The summed E-state index contributed by atoms with van der Waals surface area (Å²) in [5, 5.41) is 3.24. The molecule has 1 aliphatic rings. The molecule has 1 aromatic heterocycles. The molecular formula is C28H30N4O. The maximum absolute atomic E-state index is 13.0. The Bertz CT molecular complexity index is 1230. The molecule has 0 spiro atoms. The molecule has 1 saturated heterocycles. The molecule has 5 nitrogen and oxygen atoms in total. The van der Waals surface area contributed by atoms with Crippen molar-refractivity contribution in [1.29, 1.82) is 0 Å². The molecule has 0 radical (unpaired) electrons. The predicted molar refractivity (Wildman–Crippen MR) is 133 cm³/mol. The maximum atomic E-state index is 13.0. The standard InChI is InChI=1S/C28H30N4O/c1-19-15-25-26(16-20(19)2)31-27(30-25)22-9-6-10-23(17-22)28(33)29-24-11-13-32(14-12-24)18-21-7-4-3-5-8-21/h3-10,15-17,24H,11-14,18H2,1-2H3,(H,29,33)(H,30,31). The van der Waals surface area contributed by atoms with Gasteiger partial charge in [0.2, 0.25) is 0 Å². The highest BCUT2D eigenvalue weighted by Crippen LogP contribution is 2.24. The van der Waals surface area contributed by atoms with Gasteiger partial charge in [0.1, 0.15) is 5.82 Å². The second kappa shape index (κ2) is 9.20. The van der Waals surface area contributed by atoms with Gasteiger partial charge in [-0.15, -0.1) is 0 Å². The molecule has 1 fully saturated rings. The Morgan fingerprint density at radius 1 is 1.00 bits per heavy atom. The molecule has 3 aromatic carbocycles.